The molecule has 3 N–H and O–H groups in total. The van der Waals surface area contributed by atoms with Crippen molar-refractivity contribution in [2.24, 2.45) is 0 Å². The first-order chi connectivity index (χ1) is 21.6. The van der Waals surface area contributed by atoms with Crippen LogP contribution < -0.4 is 15.8 Å². The number of sulfonamides is 1. The molecule has 0 unspecified atom stereocenters. The Labute approximate surface area is 250 Å². The fraction of sp³-hybridized carbons (Fsp3) is 0.556. The Morgan fingerprint density at radius 1 is 1.21 bits per heavy atom. The molecule has 5 heterocycles. The molecule has 12 nitrogen and oxygen atoms in total. The van der Waals surface area contributed by atoms with E-state index in [0.717, 1.165) is 23.6 Å². The van der Waals surface area contributed by atoms with Gasteiger partial charge in [-0.15, -0.1) is 0 Å². The first-order valence-electron chi connectivity index (χ1n) is 15.5. The number of ether oxygens (including phenoxy) is 1. The molecule has 3 aromatic heterocycles. The number of nitrogens with two attached hydrogens (primary N) is 1. The highest BCUT2D eigenvalue weighted by atomic mass is 32.2. The van der Waals surface area contributed by atoms with Crippen LogP contribution in [0.3, 0.4) is 0 Å². The number of fused-ring (bicyclic) bond motifs is 1. The number of halogens is 3. The van der Waals surface area contributed by atoms with E-state index < -0.39 is 71.9 Å². The Kier molecular flexibility index (Phi) is 6.76. The van der Waals surface area contributed by atoms with E-state index in [9.17, 15) is 22.0 Å². The zero-order chi connectivity index (χ0) is 33.0. The Bertz CT molecular complexity index is 1750. The van der Waals surface area contributed by atoms with Crippen molar-refractivity contribution in [2.45, 2.75) is 62.0 Å². The van der Waals surface area contributed by atoms with Gasteiger partial charge >= 0.3 is 0 Å². The van der Waals surface area contributed by atoms with Crippen molar-refractivity contribution in [2.75, 3.05) is 39.0 Å². The van der Waals surface area contributed by atoms with Gasteiger partial charge in [0, 0.05) is 31.4 Å². The molecule has 3 aromatic rings. The number of carbonyl (C=O) groups is 1. The zero-order valence-corrected chi connectivity index (χ0v) is 23.9. The van der Waals surface area contributed by atoms with Gasteiger partial charge in [-0.05, 0) is 30.5 Å². The summed E-state index contributed by atoms with van der Waals surface area (Å²) in [6.45, 7) is -1.46. The number of rotatable bonds is 8. The van der Waals surface area contributed by atoms with Gasteiger partial charge < -0.3 is 15.8 Å². The highest BCUT2D eigenvalue weighted by Crippen LogP contribution is 2.34. The van der Waals surface area contributed by atoms with Gasteiger partial charge in [-0.2, -0.15) is 9.40 Å². The summed E-state index contributed by atoms with van der Waals surface area (Å²) in [6, 6.07) is 1.70. The predicted octanol–water partition coefficient (Wildman–Crippen LogP) is 2.25. The first kappa shape index (κ1) is 25.9. The summed E-state index contributed by atoms with van der Waals surface area (Å²) in [5.41, 5.74) is 7.24. The van der Waals surface area contributed by atoms with Crippen molar-refractivity contribution in [3.05, 3.63) is 35.8 Å². The molecule has 0 radical (unpaired) electrons. The van der Waals surface area contributed by atoms with Gasteiger partial charge in [0.25, 0.3) is 11.8 Å². The lowest BCUT2D eigenvalue weighted by molar-refractivity contribution is -0.133. The number of anilines is 1. The second kappa shape index (κ2) is 11.2. The normalized spacial score (nSPS) is 24.7. The van der Waals surface area contributed by atoms with Crippen LogP contribution in [0, 0.1) is 0 Å². The van der Waals surface area contributed by atoms with E-state index in [4.69, 9.17) is 14.6 Å². The number of methoxy groups -OCH3 is 1. The van der Waals surface area contributed by atoms with Gasteiger partial charge in [-0.1, -0.05) is 19.3 Å². The molecule has 3 fully saturated rings. The molecule has 0 spiro atoms. The van der Waals surface area contributed by atoms with E-state index in [1.807, 2.05) is 0 Å². The summed E-state index contributed by atoms with van der Waals surface area (Å²) in [5, 5.41) is 6.14. The molecule has 0 aromatic carbocycles. The zero-order valence-electron chi connectivity index (χ0n) is 26.0. The number of hydrogen-bond acceptors (Lipinski definition) is 9. The summed E-state index contributed by atoms with van der Waals surface area (Å²) in [6.07, 6.45) is 4.21. The number of nitrogens with zero attached hydrogens (tertiary/aromatic N) is 6. The Morgan fingerprint density at radius 2 is 1.98 bits per heavy atom. The minimum absolute atomic E-state index is 0.0831. The second-order valence-electron chi connectivity index (χ2n) is 11.4. The Morgan fingerprint density at radius 3 is 2.70 bits per heavy atom. The molecule has 2 aliphatic heterocycles. The number of nitrogen functional groups attached to an aromatic ring is 1. The maximum atomic E-state index is 15.2. The summed E-state index contributed by atoms with van der Waals surface area (Å²) in [4.78, 5) is 23.2. The third kappa shape index (κ3) is 5.62. The smallest absolute Gasteiger partial charge is 0.272 e. The SMILES string of the molecule is [2H]C([2H])([2H])Oc1ncc(-c2cc(CN3CC(F)(F)C3)c3c(N)ncnn23)cc1C(=O)N[C@@H]1CN(S(=O)(=O)C2CCCCC2)C[C@@H]1F. The number of pyridine rings is 1. The fourth-order valence-electron chi connectivity index (χ4n) is 6.16. The summed E-state index contributed by atoms with van der Waals surface area (Å²) < 4.78 is 98.7. The van der Waals surface area contributed by atoms with Crippen LogP contribution in [0.25, 0.3) is 16.8 Å². The molecule has 1 saturated carbocycles. The van der Waals surface area contributed by atoms with E-state index in [-0.39, 0.29) is 30.0 Å². The molecule has 43 heavy (non-hydrogen) atoms. The van der Waals surface area contributed by atoms with Crippen LogP contribution in [0.15, 0.2) is 24.7 Å². The van der Waals surface area contributed by atoms with Gasteiger partial charge in [0.15, 0.2) is 5.82 Å². The second-order valence-corrected chi connectivity index (χ2v) is 13.6. The van der Waals surface area contributed by atoms with Gasteiger partial charge in [0.2, 0.25) is 15.9 Å². The first-order valence-corrected chi connectivity index (χ1v) is 15.5. The predicted molar refractivity (Wildman–Crippen MR) is 151 cm³/mol. The molecule has 1 amide bonds. The van der Waals surface area contributed by atoms with Crippen LogP contribution in [0.4, 0.5) is 19.0 Å². The molecular formula is C27H33F3N8O4S. The van der Waals surface area contributed by atoms with Crippen molar-refractivity contribution in [1.82, 2.24) is 34.1 Å². The Hall–Kier alpha value is -3.50. The molecular weight excluding hydrogens is 589 g/mol. The minimum atomic E-state index is -3.78. The number of likely N-dealkylation sites (tertiary alicyclic amines) is 1. The van der Waals surface area contributed by atoms with E-state index in [0.29, 0.717) is 29.6 Å². The molecule has 2 atom stereocenters. The van der Waals surface area contributed by atoms with E-state index in [2.05, 4.69) is 20.4 Å². The third-order valence-electron chi connectivity index (χ3n) is 8.32. The van der Waals surface area contributed by atoms with Crippen molar-refractivity contribution in [3.63, 3.8) is 0 Å². The molecule has 0 bridgehead atoms. The average Bonchev–Trinajstić information content (AvgIpc) is 3.53. The number of amides is 1. The van der Waals surface area contributed by atoms with Crippen molar-refractivity contribution < 1.29 is 35.2 Å². The van der Waals surface area contributed by atoms with Crippen LogP contribution in [0.1, 0.15) is 52.1 Å². The molecule has 16 heteroatoms. The Balaban J connectivity index is 1.30. The van der Waals surface area contributed by atoms with Crippen LogP contribution in [0.2, 0.25) is 0 Å². The number of alkyl halides is 3. The number of carbonyl (C=O) groups excluding carboxylic acids is 1. The van der Waals surface area contributed by atoms with E-state index in [1.165, 1.54) is 28.0 Å². The highest BCUT2D eigenvalue weighted by molar-refractivity contribution is 7.89. The molecule has 232 valence electrons. The molecule has 3 aliphatic rings. The van der Waals surface area contributed by atoms with E-state index >= 15 is 4.39 Å². The van der Waals surface area contributed by atoms with Gasteiger partial charge in [-0.25, -0.2) is 36.1 Å². The lowest BCUT2D eigenvalue weighted by Crippen LogP contribution is -2.55. The van der Waals surface area contributed by atoms with Crippen molar-refractivity contribution in [1.29, 1.82) is 0 Å². The highest BCUT2D eigenvalue weighted by Gasteiger charge is 2.44. The van der Waals surface area contributed by atoms with Crippen LogP contribution >= 0.6 is 0 Å². The molecule has 2 saturated heterocycles. The van der Waals surface area contributed by atoms with Crippen LogP contribution in [-0.4, -0.2) is 99.7 Å². The third-order valence-corrected chi connectivity index (χ3v) is 10.7. The molecule has 6 rings (SSSR count). The topological polar surface area (TPSA) is 148 Å². The standard InChI is InChI=1S/C27H33F3N8O4S/c1-42-26-19(25(39)35-21-12-37(11-20(21)28)43(40,41)18-5-3-2-4-6-18)7-16(9-32-26)22-8-17(10-36-13-27(29,30)14-36)23-24(31)33-15-34-38(22)23/h7-9,15,18,20-21H,2-6,10-14H2,1H3,(H,35,39)(H2,31,33,34)/t20-,21+/m0/s1/i1D3. The summed E-state index contributed by atoms with van der Waals surface area (Å²) in [5.74, 6) is -4.20. The lowest BCUT2D eigenvalue weighted by atomic mass is 10.0. The molecule has 1 aliphatic carbocycles. The number of hydrogen-bond donors (Lipinski definition) is 2. The van der Waals surface area contributed by atoms with Crippen LogP contribution in [0.5, 0.6) is 5.88 Å². The summed E-state index contributed by atoms with van der Waals surface area (Å²) >= 11 is 0. The monoisotopic (exact) mass is 625 g/mol. The lowest BCUT2D eigenvalue weighted by Gasteiger charge is -2.38. The fourth-order valence-corrected chi connectivity index (χ4v) is 8.23. The van der Waals surface area contributed by atoms with Crippen LogP contribution in [-0.2, 0) is 16.6 Å². The van der Waals surface area contributed by atoms with Gasteiger partial charge in [0.1, 0.15) is 23.6 Å². The number of aromatic nitrogens is 4. The summed E-state index contributed by atoms with van der Waals surface area (Å²) in [7, 11) is -6.76. The van der Waals surface area contributed by atoms with Crippen molar-refractivity contribution >= 4 is 27.3 Å². The van der Waals surface area contributed by atoms with Gasteiger partial charge in [-0.3, -0.25) is 9.69 Å². The number of nitrogens with one attached hydrogen (secondary N) is 1. The maximum absolute atomic E-state index is 15.2. The van der Waals surface area contributed by atoms with Gasteiger partial charge in [0.05, 0.1) is 41.2 Å². The minimum Gasteiger partial charge on any atom is -0.480 e. The van der Waals surface area contributed by atoms with E-state index in [1.54, 1.807) is 6.07 Å². The quantitative estimate of drug-likeness (QED) is 0.385. The van der Waals surface area contributed by atoms with Crippen molar-refractivity contribution in [3.8, 4) is 17.1 Å². The average molecular weight is 626 g/mol. The largest absolute Gasteiger partial charge is 0.480 e. The maximum Gasteiger partial charge on any atom is 0.272 e.